The van der Waals surface area contributed by atoms with Crippen LogP contribution >= 0.6 is 0 Å². The summed E-state index contributed by atoms with van der Waals surface area (Å²) >= 11 is 0. The molecule has 1 aliphatic heterocycles. The van der Waals surface area contributed by atoms with Crippen LogP contribution in [0, 0.1) is 0 Å². The fourth-order valence-corrected chi connectivity index (χ4v) is 3.38. The number of nitrogens with two attached hydrogens (primary N) is 1. The highest BCUT2D eigenvalue weighted by Crippen LogP contribution is 2.21. The van der Waals surface area contributed by atoms with Crippen molar-refractivity contribution >= 4 is 29.3 Å². The first-order chi connectivity index (χ1) is 15.0. The van der Waals surface area contributed by atoms with Crippen molar-refractivity contribution in [3.05, 3.63) is 42.6 Å². The number of rotatable bonds is 6. The summed E-state index contributed by atoms with van der Waals surface area (Å²) in [5.74, 6) is -0.264. The number of nitrogens with one attached hydrogen (secondary N) is 2. The minimum atomic E-state index is -0.742. The molecule has 4 N–H and O–H groups in total. The van der Waals surface area contributed by atoms with Crippen LogP contribution in [0.3, 0.4) is 0 Å². The number of aromatic nitrogens is 6. The van der Waals surface area contributed by atoms with Crippen molar-refractivity contribution in [3.63, 3.8) is 0 Å². The third-order valence-electron chi connectivity index (χ3n) is 4.93. The van der Waals surface area contributed by atoms with E-state index in [1.807, 2.05) is 24.3 Å². The Morgan fingerprint density at radius 3 is 2.68 bits per heavy atom. The number of anilines is 3. The lowest BCUT2D eigenvalue weighted by Crippen LogP contribution is -2.44. The molecule has 0 saturated carbocycles. The summed E-state index contributed by atoms with van der Waals surface area (Å²) in [4.78, 5) is 33.6. The van der Waals surface area contributed by atoms with Crippen LogP contribution in [0.4, 0.5) is 17.5 Å². The molecule has 0 bridgehead atoms. The van der Waals surface area contributed by atoms with Gasteiger partial charge in [-0.15, -0.1) is 10.2 Å². The molecule has 3 heterocycles. The second kappa shape index (κ2) is 8.73. The van der Waals surface area contributed by atoms with E-state index in [0.717, 1.165) is 25.1 Å². The first-order valence-electron chi connectivity index (χ1n) is 9.78. The first-order valence-corrected chi connectivity index (χ1v) is 9.78. The van der Waals surface area contributed by atoms with Crippen molar-refractivity contribution in [2.24, 2.45) is 5.73 Å². The smallest absolute Gasteiger partial charge is 0.273 e. The molecule has 1 atom stereocenters. The van der Waals surface area contributed by atoms with Crippen LogP contribution in [0.1, 0.15) is 30.3 Å². The van der Waals surface area contributed by atoms with Gasteiger partial charge in [-0.25, -0.2) is 9.67 Å². The molecule has 1 fully saturated rings. The number of amides is 2. The number of primary amides is 1. The second-order valence-corrected chi connectivity index (χ2v) is 7.16. The summed E-state index contributed by atoms with van der Waals surface area (Å²) in [5.41, 5.74) is 6.87. The maximum atomic E-state index is 11.8. The van der Waals surface area contributed by atoms with Crippen molar-refractivity contribution < 1.29 is 9.59 Å². The van der Waals surface area contributed by atoms with E-state index >= 15 is 0 Å². The Bertz CT molecular complexity index is 1070. The van der Waals surface area contributed by atoms with E-state index in [-0.39, 0.29) is 29.4 Å². The fraction of sp³-hybridized carbons (Fsp3) is 0.316. The minimum absolute atomic E-state index is 0.00584. The molecule has 0 spiro atoms. The van der Waals surface area contributed by atoms with E-state index in [1.165, 1.54) is 6.33 Å². The van der Waals surface area contributed by atoms with Crippen LogP contribution in [0.5, 0.6) is 0 Å². The van der Waals surface area contributed by atoms with Crippen molar-refractivity contribution in [1.29, 1.82) is 0 Å². The molecule has 1 saturated heterocycles. The molecule has 0 unspecified atom stereocenters. The van der Waals surface area contributed by atoms with Gasteiger partial charge in [0.15, 0.2) is 11.5 Å². The highest BCUT2D eigenvalue weighted by atomic mass is 16.2. The van der Waals surface area contributed by atoms with Crippen LogP contribution in [-0.2, 0) is 4.79 Å². The zero-order valence-electron chi connectivity index (χ0n) is 16.9. The number of hydrogen-bond donors (Lipinski definition) is 3. The molecule has 12 nitrogen and oxygen atoms in total. The predicted octanol–water partition coefficient (Wildman–Crippen LogP) is 0.718. The van der Waals surface area contributed by atoms with Gasteiger partial charge in [-0.3, -0.25) is 9.59 Å². The van der Waals surface area contributed by atoms with Gasteiger partial charge in [0.05, 0.1) is 5.69 Å². The Kier molecular flexibility index (Phi) is 5.69. The number of likely N-dealkylation sites (tertiary alicyclic amines) is 1. The number of nitrogens with zero attached hydrogens (tertiary/aromatic N) is 7. The SMILES string of the molecule is CC(=O)N1CCC[C@@H](Nc2nnc(C(N)=O)c(Nc3ccc(-n4cncn4)cc3)n2)C1. The molecule has 0 radical (unpaired) electrons. The van der Waals surface area contributed by atoms with E-state index in [1.54, 1.807) is 22.8 Å². The van der Waals surface area contributed by atoms with E-state index in [0.29, 0.717) is 12.2 Å². The number of benzene rings is 1. The summed E-state index contributed by atoms with van der Waals surface area (Å²) in [7, 11) is 0. The van der Waals surface area contributed by atoms with Gasteiger partial charge in [-0.05, 0) is 37.1 Å². The van der Waals surface area contributed by atoms with Gasteiger partial charge in [0.1, 0.15) is 12.7 Å². The van der Waals surface area contributed by atoms with Gasteiger partial charge in [-0.2, -0.15) is 10.1 Å². The molecule has 160 valence electrons. The molecule has 12 heteroatoms. The molecule has 1 aromatic carbocycles. The quantitative estimate of drug-likeness (QED) is 0.520. The van der Waals surface area contributed by atoms with Gasteiger partial charge < -0.3 is 21.3 Å². The lowest BCUT2D eigenvalue weighted by Gasteiger charge is -2.32. The Labute approximate surface area is 177 Å². The molecular weight excluding hydrogens is 400 g/mol. The fourth-order valence-electron chi connectivity index (χ4n) is 3.38. The highest BCUT2D eigenvalue weighted by molar-refractivity contribution is 5.96. The minimum Gasteiger partial charge on any atom is -0.364 e. The Balaban J connectivity index is 1.52. The summed E-state index contributed by atoms with van der Waals surface area (Å²) < 4.78 is 1.63. The van der Waals surface area contributed by atoms with Gasteiger partial charge in [0, 0.05) is 31.7 Å². The maximum Gasteiger partial charge on any atom is 0.273 e. The Hall–Kier alpha value is -4.09. The zero-order chi connectivity index (χ0) is 21.8. The summed E-state index contributed by atoms with van der Waals surface area (Å²) in [6.45, 7) is 2.85. The molecule has 3 aromatic rings. The third-order valence-corrected chi connectivity index (χ3v) is 4.93. The lowest BCUT2D eigenvalue weighted by molar-refractivity contribution is -0.129. The second-order valence-electron chi connectivity index (χ2n) is 7.16. The number of carbonyl (C=O) groups is 2. The standard InChI is InChI=1S/C19H22N10O2/c1-12(30)28-8-2-3-14(9-28)24-19-25-18(16(17(20)31)26-27-19)23-13-4-6-15(7-5-13)29-11-21-10-22-29/h4-7,10-11,14H,2-3,8-9H2,1H3,(H2,20,31)(H2,23,24,25,27)/t14-/m1/s1. The summed E-state index contributed by atoms with van der Waals surface area (Å²) in [6.07, 6.45) is 4.80. The number of carbonyl (C=O) groups excluding carboxylic acids is 2. The highest BCUT2D eigenvalue weighted by Gasteiger charge is 2.23. The normalized spacial score (nSPS) is 16.0. The first kappa shape index (κ1) is 20.2. The van der Waals surface area contributed by atoms with Crippen LogP contribution in [0.15, 0.2) is 36.9 Å². The number of hydrogen-bond acceptors (Lipinski definition) is 9. The van der Waals surface area contributed by atoms with Gasteiger partial charge in [0.25, 0.3) is 5.91 Å². The van der Waals surface area contributed by atoms with Crippen LogP contribution in [0.25, 0.3) is 5.69 Å². The Morgan fingerprint density at radius 2 is 2.00 bits per heavy atom. The Morgan fingerprint density at radius 1 is 1.19 bits per heavy atom. The van der Waals surface area contributed by atoms with Gasteiger partial charge in [-0.1, -0.05) is 0 Å². The van der Waals surface area contributed by atoms with E-state index < -0.39 is 5.91 Å². The third kappa shape index (κ3) is 4.74. The molecule has 1 aliphatic rings. The molecule has 2 aromatic heterocycles. The molecule has 31 heavy (non-hydrogen) atoms. The van der Waals surface area contributed by atoms with Gasteiger partial charge in [0.2, 0.25) is 11.9 Å². The lowest BCUT2D eigenvalue weighted by atomic mass is 10.1. The molecule has 2 amide bonds. The van der Waals surface area contributed by atoms with Gasteiger partial charge >= 0.3 is 0 Å². The topological polar surface area (TPSA) is 157 Å². The number of piperidine rings is 1. The van der Waals surface area contributed by atoms with E-state index in [4.69, 9.17) is 5.73 Å². The van der Waals surface area contributed by atoms with Crippen molar-refractivity contribution in [1.82, 2.24) is 34.8 Å². The van der Waals surface area contributed by atoms with Crippen LogP contribution < -0.4 is 16.4 Å². The average Bonchev–Trinajstić information content (AvgIpc) is 3.29. The molecular formula is C19H22N10O2. The zero-order valence-corrected chi connectivity index (χ0v) is 16.9. The largest absolute Gasteiger partial charge is 0.364 e. The van der Waals surface area contributed by atoms with Crippen LogP contribution in [0.2, 0.25) is 0 Å². The van der Waals surface area contributed by atoms with Crippen molar-refractivity contribution in [2.45, 2.75) is 25.8 Å². The molecule has 0 aliphatic carbocycles. The molecule has 4 rings (SSSR count). The van der Waals surface area contributed by atoms with E-state index in [9.17, 15) is 9.59 Å². The van der Waals surface area contributed by atoms with E-state index in [2.05, 4.69) is 35.9 Å². The predicted molar refractivity (Wildman–Crippen MR) is 112 cm³/mol. The van der Waals surface area contributed by atoms with Crippen molar-refractivity contribution in [2.75, 3.05) is 23.7 Å². The average molecular weight is 422 g/mol. The summed E-state index contributed by atoms with van der Waals surface area (Å²) in [5, 5.41) is 18.3. The van der Waals surface area contributed by atoms with Crippen LogP contribution in [-0.4, -0.2) is 65.8 Å². The maximum absolute atomic E-state index is 11.8. The van der Waals surface area contributed by atoms with Crippen molar-refractivity contribution in [3.8, 4) is 5.69 Å². The monoisotopic (exact) mass is 422 g/mol. The summed E-state index contributed by atoms with van der Waals surface area (Å²) in [6, 6.07) is 7.29.